The van der Waals surface area contributed by atoms with E-state index in [0.29, 0.717) is 4.91 Å². The van der Waals surface area contributed by atoms with Crippen LogP contribution in [0.5, 0.6) is 0 Å². The SMILES string of the molecule is C[C@@H](O)[C@H]1C(=O)N2C(C(=O)O)=C(Sc3nc([C@H]4CN[C@H](CO)C4)cs3)[C@H](C)[C@H]12. The molecule has 10 heteroatoms. The molecule has 152 valence electrons. The second kappa shape index (κ2) is 7.42. The van der Waals surface area contributed by atoms with Crippen LogP contribution in [0.25, 0.3) is 0 Å². The molecular weight excluding hydrogens is 402 g/mol. The smallest absolute Gasteiger partial charge is 0.353 e. The normalized spacial score (nSPS) is 33.2. The van der Waals surface area contributed by atoms with Crippen molar-refractivity contribution in [2.24, 2.45) is 11.8 Å². The van der Waals surface area contributed by atoms with Crippen molar-refractivity contribution >= 4 is 35.0 Å². The second-order valence-corrected chi connectivity index (χ2v) is 9.78. The van der Waals surface area contributed by atoms with E-state index in [4.69, 9.17) is 0 Å². The average Bonchev–Trinajstić information content (AvgIpc) is 3.33. The Hall–Kier alpha value is -1.46. The number of thiazole rings is 1. The number of amides is 1. The van der Waals surface area contributed by atoms with E-state index < -0.39 is 18.0 Å². The van der Waals surface area contributed by atoms with Gasteiger partial charge in [0.05, 0.1) is 30.4 Å². The summed E-state index contributed by atoms with van der Waals surface area (Å²) >= 11 is 2.77. The van der Waals surface area contributed by atoms with Gasteiger partial charge in [-0.1, -0.05) is 18.7 Å². The maximum absolute atomic E-state index is 12.4. The Morgan fingerprint density at radius 1 is 1.54 bits per heavy atom. The van der Waals surface area contributed by atoms with Crippen molar-refractivity contribution in [3.63, 3.8) is 0 Å². The first-order chi connectivity index (χ1) is 13.3. The summed E-state index contributed by atoms with van der Waals surface area (Å²) < 4.78 is 0.742. The summed E-state index contributed by atoms with van der Waals surface area (Å²) in [7, 11) is 0. The van der Waals surface area contributed by atoms with Crippen molar-refractivity contribution in [3.05, 3.63) is 21.7 Å². The lowest BCUT2D eigenvalue weighted by Gasteiger charge is -2.46. The van der Waals surface area contributed by atoms with Gasteiger partial charge in [-0.3, -0.25) is 4.79 Å². The zero-order chi connectivity index (χ0) is 20.2. The predicted molar refractivity (Wildman–Crippen MR) is 104 cm³/mol. The van der Waals surface area contributed by atoms with Gasteiger partial charge in [0.1, 0.15) is 5.70 Å². The van der Waals surface area contributed by atoms with Gasteiger partial charge in [-0.2, -0.15) is 0 Å². The monoisotopic (exact) mass is 425 g/mol. The van der Waals surface area contributed by atoms with E-state index in [-0.39, 0.29) is 42.1 Å². The lowest BCUT2D eigenvalue weighted by atomic mass is 9.79. The molecule has 1 aromatic heterocycles. The third-order valence-electron chi connectivity index (χ3n) is 5.87. The summed E-state index contributed by atoms with van der Waals surface area (Å²) in [6.45, 7) is 4.34. The predicted octanol–water partition coefficient (Wildman–Crippen LogP) is 0.827. The summed E-state index contributed by atoms with van der Waals surface area (Å²) in [4.78, 5) is 30.9. The number of carboxylic acids is 1. The number of fused-ring (bicyclic) bond motifs is 1. The van der Waals surface area contributed by atoms with Crippen LogP contribution in [0.3, 0.4) is 0 Å². The number of carboxylic acid groups (broad SMARTS) is 1. The van der Waals surface area contributed by atoms with Crippen LogP contribution < -0.4 is 5.32 Å². The molecule has 3 aliphatic rings. The van der Waals surface area contributed by atoms with Crippen LogP contribution in [-0.4, -0.2) is 68.4 Å². The number of aliphatic hydroxyl groups is 2. The van der Waals surface area contributed by atoms with Crippen molar-refractivity contribution in [3.8, 4) is 0 Å². The minimum atomic E-state index is -1.13. The first-order valence-corrected chi connectivity index (χ1v) is 11.0. The van der Waals surface area contributed by atoms with Gasteiger partial charge in [-0.25, -0.2) is 9.78 Å². The van der Waals surface area contributed by atoms with Gasteiger partial charge in [0.2, 0.25) is 5.91 Å². The van der Waals surface area contributed by atoms with Crippen LogP contribution >= 0.6 is 23.1 Å². The van der Waals surface area contributed by atoms with Gasteiger partial charge in [0, 0.05) is 34.7 Å². The number of hydrogen-bond acceptors (Lipinski definition) is 8. The Bertz CT molecular complexity index is 839. The number of nitrogens with zero attached hydrogens (tertiary/aromatic N) is 2. The molecular formula is C18H23N3O5S2. The highest BCUT2D eigenvalue weighted by molar-refractivity contribution is 8.04. The number of aliphatic hydroxyl groups excluding tert-OH is 2. The number of aliphatic carboxylic acids is 1. The summed E-state index contributed by atoms with van der Waals surface area (Å²) in [5, 5.41) is 34.1. The number of thioether (sulfide) groups is 1. The molecule has 0 radical (unpaired) electrons. The Labute approximate surface area is 170 Å². The number of nitrogens with one attached hydrogen (secondary N) is 1. The molecule has 0 bridgehead atoms. The van der Waals surface area contributed by atoms with Gasteiger partial charge < -0.3 is 25.5 Å². The molecule has 0 aromatic carbocycles. The van der Waals surface area contributed by atoms with Crippen molar-refractivity contribution < 1.29 is 24.9 Å². The zero-order valence-corrected chi connectivity index (χ0v) is 17.2. The summed E-state index contributed by atoms with van der Waals surface area (Å²) in [6.07, 6.45) is 0.0148. The number of rotatable bonds is 6. The molecule has 1 aromatic rings. The number of hydrogen-bond donors (Lipinski definition) is 4. The fraction of sp³-hybridized carbons (Fsp3) is 0.611. The summed E-state index contributed by atoms with van der Waals surface area (Å²) in [5.74, 6) is -1.96. The molecule has 6 atom stereocenters. The molecule has 0 spiro atoms. The molecule has 0 aliphatic carbocycles. The van der Waals surface area contributed by atoms with E-state index in [2.05, 4.69) is 10.3 Å². The fourth-order valence-corrected chi connectivity index (χ4v) is 6.62. The first-order valence-electron chi connectivity index (χ1n) is 9.29. The van der Waals surface area contributed by atoms with E-state index in [1.807, 2.05) is 12.3 Å². The minimum absolute atomic E-state index is 0.0176. The third-order valence-corrected chi connectivity index (χ3v) is 8.11. The van der Waals surface area contributed by atoms with Crippen molar-refractivity contribution in [1.29, 1.82) is 0 Å². The highest BCUT2D eigenvalue weighted by atomic mass is 32.2. The third kappa shape index (κ3) is 3.07. The van der Waals surface area contributed by atoms with Crippen LogP contribution in [0.1, 0.15) is 31.9 Å². The fourth-order valence-electron chi connectivity index (χ4n) is 4.44. The van der Waals surface area contributed by atoms with Crippen molar-refractivity contribution in [2.45, 2.75) is 48.7 Å². The molecule has 4 N–H and O–H groups in total. The maximum atomic E-state index is 12.4. The van der Waals surface area contributed by atoms with E-state index in [1.165, 1.54) is 28.0 Å². The molecule has 8 nitrogen and oxygen atoms in total. The molecule has 0 unspecified atom stereocenters. The van der Waals surface area contributed by atoms with Crippen LogP contribution in [0, 0.1) is 11.8 Å². The molecule has 28 heavy (non-hydrogen) atoms. The number of carbonyl (C=O) groups excluding carboxylic acids is 1. The van der Waals surface area contributed by atoms with Gasteiger partial charge in [0.25, 0.3) is 0 Å². The van der Waals surface area contributed by atoms with Gasteiger partial charge in [-0.05, 0) is 13.3 Å². The molecule has 0 saturated carbocycles. The highest BCUT2D eigenvalue weighted by Gasteiger charge is 2.60. The Morgan fingerprint density at radius 2 is 2.29 bits per heavy atom. The van der Waals surface area contributed by atoms with E-state index in [0.717, 1.165) is 23.0 Å². The van der Waals surface area contributed by atoms with E-state index in [1.54, 1.807) is 6.92 Å². The highest BCUT2D eigenvalue weighted by Crippen LogP contribution is 2.52. The lowest BCUT2D eigenvalue weighted by Crippen LogP contribution is -2.63. The quantitative estimate of drug-likeness (QED) is 0.494. The molecule has 1 amide bonds. The lowest BCUT2D eigenvalue weighted by molar-refractivity contribution is -0.163. The Kier molecular flexibility index (Phi) is 5.25. The molecule has 3 aliphatic heterocycles. The topological polar surface area (TPSA) is 123 Å². The van der Waals surface area contributed by atoms with E-state index in [9.17, 15) is 24.9 Å². The standard InChI is InChI=1S/C18H23N3O5S2/c1-7-13-12(8(2)23)16(24)21(13)14(17(25)26)15(7)28-18-20-11(6-27-18)9-3-10(5-22)19-4-9/h6-10,12-13,19,22-23H,3-5H2,1-2H3,(H,25,26)/t7-,8-,9-,10+,12-,13-/m1/s1. The second-order valence-electron chi connectivity index (χ2n) is 7.63. The molecule has 2 saturated heterocycles. The van der Waals surface area contributed by atoms with Crippen LogP contribution in [0.15, 0.2) is 20.3 Å². The van der Waals surface area contributed by atoms with Gasteiger partial charge in [0.15, 0.2) is 4.34 Å². The zero-order valence-electron chi connectivity index (χ0n) is 15.5. The number of aromatic nitrogens is 1. The van der Waals surface area contributed by atoms with Gasteiger partial charge >= 0.3 is 5.97 Å². The van der Waals surface area contributed by atoms with Crippen molar-refractivity contribution in [2.75, 3.05) is 13.2 Å². The Balaban J connectivity index is 1.56. The maximum Gasteiger partial charge on any atom is 0.353 e. The summed E-state index contributed by atoms with van der Waals surface area (Å²) in [6, 6.07) is -0.226. The first kappa shape index (κ1) is 19.8. The molecule has 2 fully saturated rings. The van der Waals surface area contributed by atoms with Crippen LogP contribution in [-0.2, 0) is 9.59 Å². The minimum Gasteiger partial charge on any atom is -0.477 e. The summed E-state index contributed by atoms with van der Waals surface area (Å²) in [5.41, 5.74) is 0.962. The molecule has 4 rings (SSSR count). The Morgan fingerprint density at radius 3 is 2.89 bits per heavy atom. The number of β-lactam (4-membered cyclic amide) rings is 1. The van der Waals surface area contributed by atoms with Gasteiger partial charge in [-0.15, -0.1) is 11.3 Å². The van der Waals surface area contributed by atoms with Crippen LogP contribution in [0.4, 0.5) is 0 Å². The largest absolute Gasteiger partial charge is 0.477 e. The average molecular weight is 426 g/mol. The molecule has 4 heterocycles. The van der Waals surface area contributed by atoms with Crippen molar-refractivity contribution in [1.82, 2.24) is 15.2 Å². The van der Waals surface area contributed by atoms with E-state index >= 15 is 0 Å². The van der Waals surface area contributed by atoms with Crippen LogP contribution in [0.2, 0.25) is 0 Å². The number of carbonyl (C=O) groups is 2.